The molecule has 1 aromatic rings. The Morgan fingerprint density at radius 3 is 2.45 bits per heavy atom. The number of methoxy groups -OCH3 is 1. The SMILES string of the molecule is COc1ccc(O)c(C(=O)N(CC(F)(F)F)C(C)C)c1. The van der Waals surface area contributed by atoms with Gasteiger partial charge in [-0.3, -0.25) is 4.79 Å². The number of carbonyl (C=O) groups is 1. The average molecular weight is 291 g/mol. The van der Waals surface area contributed by atoms with E-state index in [4.69, 9.17) is 4.74 Å². The smallest absolute Gasteiger partial charge is 0.406 e. The first-order valence-corrected chi connectivity index (χ1v) is 5.90. The Hall–Kier alpha value is -1.92. The van der Waals surface area contributed by atoms with Gasteiger partial charge in [0.2, 0.25) is 0 Å². The molecule has 0 aliphatic carbocycles. The topological polar surface area (TPSA) is 49.8 Å². The van der Waals surface area contributed by atoms with E-state index in [0.29, 0.717) is 4.90 Å². The van der Waals surface area contributed by atoms with Gasteiger partial charge in [0.05, 0.1) is 12.7 Å². The Kier molecular flexibility index (Phi) is 4.86. The maximum atomic E-state index is 12.5. The molecule has 1 amide bonds. The van der Waals surface area contributed by atoms with E-state index in [9.17, 15) is 23.1 Å². The van der Waals surface area contributed by atoms with Crippen LogP contribution in [0, 0.1) is 0 Å². The molecule has 7 heteroatoms. The van der Waals surface area contributed by atoms with Crippen molar-refractivity contribution in [2.75, 3.05) is 13.7 Å². The Morgan fingerprint density at radius 2 is 2.00 bits per heavy atom. The van der Waals surface area contributed by atoms with E-state index in [-0.39, 0.29) is 17.1 Å². The van der Waals surface area contributed by atoms with Crippen molar-refractivity contribution in [2.45, 2.75) is 26.1 Å². The molecule has 1 rings (SSSR count). The molecule has 0 unspecified atom stereocenters. The van der Waals surface area contributed by atoms with Gasteiger partial charge in [-0.15, -0.1) is 0 Å². The third-order valence-electron chi connectivity index (χ3n) is 2.67. The summed E-state index contributed by atoms with van der Waals surface area (Å²) in [6.45, 7) is 1.57. The molecule has 0 aliphatic heterocycles. The van der Waals surface area contributed by atoms with E-state index < -0.39 is 24.7 Å². The van der Waals surface area contributed by atoms with Gasteiger partial charge in [-0.05, 0) is 32.0 Å². The molecule has 0 saturated carbocycles. The van der Waals surface area contributed by atoms with Crippen LogP contribution in [0.2, 0.25) is 0 Å². The lowest BCUT2D eigenvalue weighted by molar-refractivity contribution is -0.143. The predicted octanol–water partition coefficient (Wildman–Crippen LogP) is 2.81. The van der Waals surface area contributed by atoms with E-state index in [1.807, 2.05) is 0 Å². The first-order valence-electron chi connectivity index (χ1n) is 5.90. The number of nitrogens with zero attached hydrogens (tertiary/aromatic N) is 1. The van der Waals surface area contributed by atoms with E-state index in [0.717, 1.165) is 0 Å². The van der Waals surface area contributed by atoms with Crippen LogP contribution in [0.3, 0.4) is 0 Å². The third-order valence-corrected chi connectivity index (χ3v) is 2.67. The third kappa shape index (κ3) is 4.04. The molecule has 0 bridgehead atoms. The van der Waals surface area contributed by atoms with Crippen LogP contribution in [-0.2, 0) is 0 Å². The van der Waals surface area contributed by atoms with Gasteiger partial charge in [0, 0.05) is 6.04 Å². The van der Waals surface area contributed by atoms with Crippen LogP contribution < -0.4 is 4.74 Å². The van der Waals surface area contributed by atoms with Gasteiger partial charge in [0.25, 0.3) is 5.91 Å². The zero-order valence-electron chi connectivity index (χ0n) is 11.4. The zero-order chi connectivity index (χ0) is 15.5. The van der Waals surface area contributed by atoms with Crippen molar-refractivity contribution in [3.63, 3.8) is 0 Å². The maximum Gasteiger partial charge on any atom is 0.406 e. The number of alkyl halides is 3. The number of ether oxygens (including phenoxy) is 1. The maximum absolute atomic E-state index is 12.5. The second kappa shape index (κ2) is 6.02. The lowest BCUT2D eigenvalue weighted by Crippen LogP contribution is -2.43. The molecule has 20 heavy (non-hydrogen) atoms. The Balaban J connectivity index is 3.12. The second-order valence-electron chi connectivity index (χ2n) is 4.53. The van der Waals surface area contributed by atoms with Crippen molar-refractivity contribution in [1.29, 1.82) is 0 Å². The predicted molar refractivity (Wildman–Crippen MR) is 66.9 cm³/mol. The highest BCUT2D eigenvalue weighted by Gasteiger charge is 2.35. The first kappa shape index (κ1) is 16.1. The number of carbonyl (C=O) groups excluding carboxylic acids is 1. The van der Waals surface area contributed by atoms with E-state index >= 15 is 0 Å². The molecular weight excluding hydrogens is 275 g/mol. The van der Waals surface area contributed by atoms with Gasteiger partial charge in [-0.1, -0.05) is 0 Å². The number of amides is 1. The van der Waals surface area contributed by atoms with Crippen LogP contribution in [0.15, 0.2) is 18.2 Å². The van der Waals surface area contributed by atoms with Crippen molar-refractivity contribution >= 4 is 5.91 Å². The van der Waals surface area contributed by atoms with Crippen LogP contribution in [0.1, 0.15) is 24.2 Å². The van der Waals surface area contributed by atoms with Crippen LogP contribution in [-0.4, -0.2) is 41.8 Å². The van der Waals surface area contributed by atoms with Crippen molar-refractivity contribution in [3.8, 4) is 11.5 Å². The summed E-state index contributed by atoms with van der Waals surface area (Å²) in [6, 6.07) is 3.17. The number of phenolic OH excluding ortho intramolecular Hbond substituents is 1. The first-order chi connectivity index (χ1) is 9.15. The highest BCUT2D eigenvalue weighted by atomic mass is 19.4. The largest absolute Gasteiger partial charge is 0.507 e. The van der Waals surface area contributed by atoms with Crippen LogP contribution in [0.25, 0.3) is 0 Å². The summed E-state index contributed by atoms with van der Waals surface area (Å²) in [4.78, 5) is 12.8. The van der Waals surface area contributed by atoms with Crippen molar-refractivity contribution in [2.24, 2.45) is 0 Å². The van der Waals surface area contributed by atoms with Crippen molar-refractivity contribution in [1.82, 2.24) is 4.90 Å². The summed E-state index contributed by atoms with van der Waals surface area (Å²) in [5.41, 5.74) is -0.220. The lowest BCUT2D eigenvalue weighted by Gasteiger charge is -2.28. The fourth-order valence-electron chi connectivity index (χ4n) is 1.65. The highest BCUT2D eigenvalue weighted by molar-refractivity contribution is 5.97. The number of rotatable bonds is 4. The molecular formula is C13H16F3NO3. The Labute approximate surface area is 114 Å². The van der Waals surface area contributed by atoms with Gasteiger partial charge in [-0.25, -0.2) is 0 Å². The minimum atomic E-state index is -4.51. The molecule has 0 spiro atoms. The molecule has 112 valence electrons. The molecule has 0 radical (unpaired) electrons. The normalized spacial score (nSPS) is 11.6. The summed E-state index contributed by atoms with van der Waals surface area (Å²) in [5.74, 6) is -1.00. The molecule has 0 aliphatic rings. The van der Waals surface area contributed by atoms with E-state index in [2.05, 4.69) is 0 Å². The van der Waals surface area contributed by atoms with Crippen molar-refractivity contribution in [3.05, 3.63) is 23.8 Å². The van der Waals surface area contributed by atoms with E-state index in [1.54, 1.807) is 0 Å². The standard InChI is InChI=1S/C13H16F3NO3/c1-8(2)17(7-13(14,15)16)12(19)10-6-9(20-3)4-5-11(10)18/h4-6,8,18H,7H2,1-3H3. The highest BCUT2D eigenvalue weighted by Crippen LogP contribution is 2.26. The molecule has 0 fully saturated rings. The Bertz CT molecular complexity index is 486. The van der Waals surface area contributed by atoms with Crippen LogP contribution >= 0.6 is 0 Å². The molecule has 0 saturated heterocycles. The fourth-order valence-corrected chi connectivity index (χ4v) is 1.65. The summed E-state index contributed by atoms with van der Waals surface area (Å²) in [6.07, 6.45) is -4.51. The number of hydrogen-bond donors (Lipinski definition) is 1. The monoisotopic (exact) mass is 291 g/mol. The Morgan fingerprint density at radius 1 is 1.40 bits per heavy atom. The molecule has 1 N–H and O–H groups in total. The number of aromatic hydroxyl groups is 1. The fraction of sp³-hybridized carbons (Fsp3) is 0.462. The summed E-state index contributed by atoms with van der Waals surface area (Å²) in [5, 5.41) is 9.65. The number of halogens is 3. The van der Waals surface area contributed by atoms with E-state index in [1.165, 1.54) is 39.2 Å². The summed E-state index contributed by atoms with van der Waals surface area (Å²) >= 11 is 0. The lowest BCUT2D eigenvalue weighted by atomic mass is 10.1. The van der Waals surface area contributed by atoms with Gasteiger partial charge in [0.1, 0.15) is 18.0 Å². The van der Waals surface area contributed by atoms with Crippen LogP contribution in [0.5, 0.6) is 11.5 Å². The van der Waals surface area contributed by atoms with Gasteiger partial charge in [0.15, 0.2) is 0 Å². The average Bonchev–Trinajstić information content (AvgIpc) is 2.34. The quantitative estimate of drug-likeness (QED) is 0.928. The van der Waals surface area contributed by atoms with Gasteiger partial charge < -0.3 is 14.7 Å². The molecule has 0 heterocycles. The zero-order valence-corrected chi connectivity index (χ0v) is 11.4. The van der Waals surface area contributed by atoms with Gasteiger partial charge in [-0.2, -0.15) is 13.2 Å². The van der Waals surface area contributed by atoms with Crippen molar-refractivity contribution < 1.29 is 27.8 Å². The number of benzene rings is 1. The number of phenols is 1. The summed E-state index contributed by atoms with van der Waals surface area (Å²) in [7, 11) is 1.36. The molecule has 1 aromatic carbocycles. The number of hydrogen-bond acceptors (Lipinski definition) is 3. The molecule has 0 atom stereocenters. The van der Waals surface area contributed by atoms with Crippen LogP contribution in [0.4, 0.5) is 13.2 Å². The second-order valence-corrected chi connectivity index (χ2v) is 4.53. The molecule has 0 aromatic heterocycles. The van der Waals surface area contributed by atoms with Gasteiger partial charge >= 0.3 is 6.18 Å². The summed E-state index contributed by atoms with van der Waals surface area (Å²) < 4.78 is 42.4. The molecule has 4 nitrogen and oxygen atoms in total. The minimum Gasteiger partial charge on any atom is -0.507 e. The minimum absolute atomic E-state index is 0.220.